The molecule has 1 heterocycles. The molecule has 2 aromatic carbocycles. The van der Waals surface area contributed by atoms with Crippen LogP contribution in [0.1, 0.15) is 27.3 Å². The van der Waals surface area contributed by atoms with Crippen molar-refractivity contribution < 1.29 is 18.4 Å². The van der Waals surface area contributed by atoms with Crippen LogP contribution in [0.3, 0.4) is 0 Å². The van der Waals surface area contributed by atoms with Crippen LogP contribution >= 0.6 is 0 Å². The van der Waals surface area contributed by atoms with Crippen molar-refractivity contribution in [2.45, 2.75) is 27.3 Å². The number of aromatic nitrogens is 3. The Hall–Kier alpha value is -3.62. The first-order chi connectivity index (χ1) is 13.7. The highest BCUT2D eigenvalue weighted by molar-refractivity contribution is 6.03. The molecule has 0 saturated heterocycles. The monoisotopic (exact) mass is 399 g/mol. The summed E-state index contributed by atoms with van der Waals surface area (Å²) in [5.41, 5.74) is 3.25. The Morgan fingerprint density at radius 3 is 2.31 bits per heavy atom. The number of aryl methyl sites for hydroxylation is 2. The molecular weight excluding hydrogens is 380 g/mol. The largest absolute Gasteiger partial charge is 0.324 e. The molecule has 0 bridgehead atoms. The number of benzene rings is 2. The van der Waals surface area contributed by atoms with E-state index >= 15 is 0 Å². The van der Waals surface area contributed by atoms with Gasteiger partial charge >= 0.3 is 0 Å². The summed E-state index contributed by atoms with van der Waals surface area (Å²) in [5, 5.41) is 12.8. The predicted octanol–water partition coefficient (Wildman–Crippen LogP) is 3.37. The van der Waals surface area contributed by atoms with Gasteiger partial charge in [0.25, 0.3) is 5.91 Å². The van der Waals surface area contributed by atoms with Crippen molar-refractivity contribution in [1.29, 1.82) is 0 Å². The molecular formula is C20H19F2N5O2. The van der Waals surface area contributed by atoms with E-state index in [0.29, 0.717) is 11.4 Å². The number of carbonyl (C=O) groups excluding carboxylic acids is 2. The number of amides is 2. The minimum Gasteiger partial charge on any atom is -0.324 e. The summed E-state index contributed by atoms with van der Waals surface area (Å²) in [5.74, 6) is -3.06. The zero-order chi connectivity index (χ0) is 21.1. The van der Waals surface area contributed by atoms with Crippen LogP contribution in [0.2, 0.25) is 0 Å². The van der Waals surface area contributed by atoms with Crippen molar-refractivity contribution >= 4 is 23.2 Å². The van der Waals surface area contributed by atoms with Crippen molar-refractivity contribution in [2.75, 3.05) is 10.6 Å². The van der Waals surface area contributed by atoms with Gasteiger partial charge in [-0.25, -0.2) is 13.5 Å². The molecule has 0 unspecified atom stereocenters. The number of nitrogens with zero attached hydrogens (tertiary/aromatic N) is 3. The van der Waals surface area contributed by atoms with Crippen LogP contribution in [0.25, 0.3) is 0 Å². The molecule has 3 aromatic rings. The summed E-state index contributed by atoms with van der Waals surface area (Å²) < 4.78 is 27.6. The third-order valence-corrected chi connectivity index (χ3v) is 4.46. The van der Waals surface area contributed by atoms with Crippen LogP contribution in [0, 0.1) is 32.4 Å². The molecule has 9 heteroatoms. The summed E-state index contributed by atoms with van der Waals surface area (Å²) >= 11 is 0. The Morgan fingerprint density at radius 1 is 0.931 bits per heavy atom. The van der Waals surface area contributed by atoms with Crippen molar-refractivity contribution in [1.82, 2.24) is 15.0 Å². The van der Waals surface area contributed by atoms with Crippen molar-refractivity contribution in [2.24, 2.45) is 0 Å². The van der Waals surface area contributed by atoms with Crippen LogP contribution in [-0.2, 0) is 11.3 Å². The summed E-state index contributed by atoms with van der Waals surface area (Å²) in [6.07, 6.45) is 0. The minimum atomic E-state index is -1.08. The average molecular weight is 399 g/mol. The SMILES string of the molecule is Cc1ccc(NC(=O)Cn2nnc(C(=O)Nc3ccc(F)c(F)c3)c2C)cc1C. The molecule has 0 fully saturated rings. The maximum atomic E-state index is 13.3. The van der Waals surface area contributed by atoms with Gasteiger partial charge in [0.15, 0.2) is 17.3 Å². The van der Waals surface area contributed by atoms with E-state index < -0.39 is 17.5 Å². The lowest BCUT2D eigenvalue weighted by Gasteiger charge is -2.08. The maximum Gasteiger partial charge on any atom is 0.278 e. The molecule has 0 atom stereocenters. The third kappa shape index (κ3) is 4.63. The number of carbonyl (C=O) groups is 2. The Bertz CT molecular complexity index is 1090. The highest BCUT2D eigenvalue weighted by Gasteiger charge is 2.18. The van der Waals surface area contributed by atoms with Crippen LogP contribution in [0.15, 0.2) is 36.4 Å². The first kappa shape index (κ1) is 20.1. The summed E-state index contributed by atoms with van der Waals surface area (Å²) in [7, 11) is 0. The van der Waals surface area contributed by atoms with Gasteiger partial charge in [-0.15, -0.1) is 5.10 Å². The summed E-state index contributed by atoms with van der Waals surface area (Å²) in [4.78, 5) is 24.6. The second-order valence-electron chi connectivity index (χ2n) is 6.61. The second kappa shape index (κ2) is 8.17. The fraction of sp³-hybridized carbons (Fsp3) is 0.200. The third-order valence-electron chi connectivity index (χ3n) is 4.46. The zero-order valence-corrected chi connectivity index (χ0v) is 16.1. The number of nitrogens with one attached hydrogen (secondary N) is 2. The number of rotatable bonds is 5. The van der Waals surface area contributed by atoms with Crippen LogP contribution < -0.4 is 10.6 Å². The maximum absolute atomic E-state index is 13.3. The van der Waals surface area contributed by atoms with Crippen molar-refractivity contribution in [3.8, 4) is 0 Å². The van der Waals surface area contributed by atoms with E-state index in [-0.39, 0.29) is 23.8 Å². The van der Waals surface area contributed by atoms with Gasteiger partial charge in [-0.2, -0.15) is 0 Å². The molecule has 2 amide bonds. The number of halogens is 2. The molecule has 1 aromatic heterocycles. The number of hydrogen-bond acceptors (Lipinski definition) is 4. The first-order valence-electron chi connectivity index (χ1n) is 8.78. The summed E-state index contributed by atoms with van der Waals surface area (Å²) in [6, 6.07) is 8.58. The minimum absolute atomic E-state index is 0.0197. The molecule has 0 aliphatic carbocycles. The van der Waals surface area contributed by atoms with Gasteiger partial charge in [-0.1, -0.05) is 11.3 Å². The van der Waals surface area contributed by atoms with Crippen LogP contribution in [0.4, 0.5) is 20.2 Å². The quantitative estimate of drug-likeness (QED) is 0.688. The molecule has 0 saturated carbocycles. The molecule has 29 heavy (non-hydrogen) atoms. The van der Waals surface area contributed by atoms with Crippen LogP contribution in [-0.4, -0.2) is 26.8 Å². The second-order valence-corrected chi connectivity index (χ2v) is 6.61. The van der Waals surface area contributed by atoms with Crippen molar-refractivity contribution in [3.05, 3.63) is 70.5 Å². The van der Waals surface area contributed by atoms with E-state index in [2.05, 4.69) is 20.9 Å². The highest BCUT2D eigenvalue weighted by atomic mass is 19.2. The Balaban J connectivity index is 1.67. The molecule has 0 spiro atoms. The van der Waals surface area contributed by atoms with Gasteiger partial charge in [0.2, 0.25) is 5.91 Å². The molecule has 2 N–H and O–H groups in total. The lowest BCUT2D eigenvalue weighted by Crippen LogP contribution is -2.21. The molecule has 150 valence electrons. The van der Waals surface area contributed by atoms with E-state index in [1.165, 1.54) is 10.7 Å². The van der Waals surface area contributed by atoms with Crippen molar-refractivity contribution in [3.63, 3.8) is 0 Å². The lowest BCUT2D eigenvalue weighted by atomic mass is 10.1. The fourth-order valence-corrected chi connectivity index (χ4v) is 2.64. The van der Waals surface area contributed by atoms with Gasteiger partial charge in [0, 0.05) is 17.4 Å². The number of hydrogen-bond donors (Lipinski definition) is 2. The van der Waals surface area contributed by atoms with Gasteiger partial charge in [-0.05, 0) is 56.2 Å². The normalized spacial score (nSPS) is 10.7. The van der Waals surface area contributed by atoms with E-state index in [1.807, 2.05) is 26.0 Å². The highest BCUT2D eigenvalue weighted by Crippen LogP contribution is 2.16. The standard InChI is InChI=1S/C20H19F2N5O2/c1-11-4-5-14(8-12(11)2)23-18(28)10-27-13(3)19(25-26-27)20(29)24-15-6-7-16(21)17(22)9-15/h4-9H,10H2,1-3H3,(H,23,28)(H,24,29). The van der Waals surface area contributed by atoms with E-state index in [0.717, 1.165) is 23.3 Å². The predicted molar refractivity (Wildman–Crippen MR) is 104 cm³/mol. The number of anilines is 2. The van der Waals surface area contributed by atoms with E-state index in [1.54, 1.807) is 13.0 Å². The van der Waals surface area contributed by atoms with E-state index in [9.17, 15) is 18.4 Å². The first-order valence-corrected chi connectivity index (χ1v) is 8.78. The zero-order valence-electron chi connectivity index (χ0n) is 16.1. The van der Waals surface area contributed by atoms with E-state index in [4.69, 9.17) is 0 Å². The molecule has 0 aliphatic heterocycles. The molecule has 0 aliphatic rings. The smallest absolute Gasteiger partial charge is 0.278 e. The fourth-order valence-electron chi connectivity index (χ4n) is 2.64. The Kier molecular flexibility index (Phi) is 5.67. The molecule has 7 nitrogen and oxygen atoms in total. The Morgan fingerprint density at radius 2 is 1.62 bits per heavy atom. The topological polar surface area (TPSA) is 88.9 Å². The van der Waals surface area contributed by atoms with Gasteiger partial charge < -0.3 is 10.6 Å². The van der Waals surface area contributed by atoms with Gasteiger partial charge in [0.05, 0.1) is 5.69 Å². The molecule has 0 radical (unpaired) electrons. The van der Waals surface area contributed by atoms with Gasteiger partial charge in [-0.3, -0.25) is 9.59 Å². The Labute approximate surface area is 165 Å². The molecule has 3 rings (SSSR count). The van der Waals surface area contributed by atoms with Gasteiger partial charge in [0.1, 0.15) is 6.54 Å². The average Bonchev–Trinajstić information content (AvgIpc) is 3.02. The summed E-state index contributed by atoms with van der Waals surface area (Å²) in [6.45, 7) is 5.38. The van der Waals surface area contributed by atoms with Crippen LogP contribution in [0.5, 0.6) is 0 Å². The lowest BCUT2D eigenvalue weighted by molar-refractivity contribution is -0.117.